The van der Waals surface area contributed by atoms with Crippen LogP contribution in [0.15, 0.2) is 12.1 Å². The third kappa shape index (κ3) is 3.48. The maximum atomic E-state index is 10.3. The van der Waals surface area contributed by atoms with Crippen molar-refractivity contribution in [3.8, 4) is 0 Å². The summed E-state index contributed by atoms with van der Waals surface area (Å²) in [5, 5.41) is 13.7. The predicted molar refractivity (Wildman–Crippen MR) is 72.3 cm³/mol. The molecule has 90 valence electrons. The Morgan fingerprint density at radius 3 is 2.75 bits per heavy atom. The van der Waals surface area contributed by atoms with E-state index in [1.807, 2.05) is 23.1 Å². The lowest BCUT2D eigenvalue weighted by atomic mass is 9.97. The van der Waals surface area contributed by atoms with E-state index in [4.69, 9.17) is 0 Å². The van der Waals surface area contributed by atoms with Crippen LogP contribution in [0.25, 0.3) is 0 Å². The lowest BCUT2D eigenvalue weighted by Crippen LogP contribution is -2.43. The van der Waals surface area contributed by atoms with E-state index in [0.717, 1.165) is 37.4 Å². The second-order valence-electron chi connectivity index (χ2n) is 4.45. The summed E-state index contributed by atoms with van der Waals surface area (Å²) in [6, 6.07) is 4.31. The topological polar surface area (TPSA) is 32.3 Å². The highest BCUT2D eigenvalue weighted by Gasteiger charge is 2.28. The summed E-state index contributed by atoms with van der Waals surface area (Å²) in [6.45, 7) is 3.73. The molecular weight excluding hydrogens is 238 g/mol. The largest absolute Gasteiger partial charge is 0.389 e. The Morgan fingerprint density at radius 2 is 2.12 bits per heavy atom. The Morgan fingerprint density at radius 1 is 1.38 bits per heavy atom. The fraction of sp³-hybridized carbons (Fsp3) is 0.667. The van der Waals surface area contributed by atoms with Crippen LogP contribution in [0, 0.1) is 6.92 Å². The van der Waals surface area contributed by atoms with Crippen molar-refractivity contribution in [2.24, 2.45) is 0 Å². The zero-order valence-corrected chi connectivity index (χ0v) is 11.3. The van der Waals surface area contributed by atoms with E-state index in [0.29, 0.717) is 0 Å². The molecular formula is C12H19NOS2. The van der Waals surface area contributed by atoms with Crippen molar-refractivity contribution in [1.82, 2.24) is 5.32 Å². The highest BCUT2D eigenvalue weighted by Crippen LogP contribution is 2.26. The molecule has 0 spiro atoms. The number of rotatable bonds is 4. The van der Waals surface area contributed by atoms with Crippen LogP contribution in [-0.2, 0) is 6.54 Å². The SMILES string of the molecule is Cc1ccc(CNCC2(O)CCSCC2)s1. The van der Waals surface area contributed by atoms with Gasteiger partial charge in [0.1, 0.15) is 0 Å². The lowest BCUT2D eigenvalue weighted by Gasteiger charge is -2.31. The Labute approximate surface area is 105 Å². The fourth-order valence-electron chi connectivity index (χ4n) is 1.93. The van der Waals surface area contributed by atoms with E-state index in [-0.39, 0.29) is 0 Å². The van der Waals surface area contributed by atoms with Crippen LogP contribution in [-0.4, -0.2) is 28.8 Å². The van der Waals surface area contributed by atoms with Gasteiger partial charge in [0, 0.05) is 22.8 Å². The molecule has 0 aromatic carbocycles. The molecule has 1 aliphatic heterocycles. The van der Waals surface area contributed by atoms with Crippen LogP contribution in [0.4, 0.5) is 0 Å². The highest BCUT2D eigenvalue weighted by molar-refractivity contribution is 7.99. The maximum Gasteiger partial charge on any atom is 0.0787 e. The Hall–Kier alpha value is -0.0300. The molecule has 0 atom stereocenters. The number of aryl methyl sites for hydroxylation is 1. The summed E-state index contributed by atoms with van der Waals surface area (Å²) in [6.07, 6.45) is 1.85. The Kier molecular flexibility index (Phi) is 4.30. The first-order valence-corrected chi connectivity index (χ1v) is 7.71. The molecule has 0 saturated carbocycles. The molecule has 2 nitrogen and oxygen atoms in total. The molecule has 1 aromatic rings. The van der Waals surface area contributed by atoms with E-state index in [2.05, 4.69) is 24.4 Å². The number of thiophene rings is 1. The van der Waals surface area contributed by atoms with Crippen molar-refractivity contribution in [1.29, 1.82) is 0 Å². The summed E-state index contributed by atoms with van der Waals surface area (Å²) in [4.78, 5) is 2.70. The number of nitrogens with one attached hydrogen (secondary N) is 1. The standard InChI is InChI=1S/C12H19NOS2/c1-10-2-3-11(16-10)8-13-9-12(14)4-6-15-7-5-12/h2-3,13-14H,4-9H2,1H3. The number of hydrogen-bond donors (Lipinski definition) is 2. The van der Waals surface area contributed by atoms with Gasteiger partial charge in [0.15, 0.2) is 0 Å². The quantitative estimate of drug-likeness (QED) is 0.869. The number of aliphatic hydroxyl groups is 1. The molecule has 0 radical (unpaired) electrons. The van der Waals surface area contributed by atoms with Gasteiger partial charge in [-0.15, -0.1) is 11.3 Å². The summed E-state index contributed by atoms with van der Waals surface area (Å²) in [5.41, 5.74) is -0.461. The molecule has 1 saturated heterocycles. The average Bonchev–Trinajstić information content (AvgIpc) is 2.65. The van der Waals surface area contributed by atoms with E-state index in [9.17, 15) is 5.11 Å². The second-order valence-corrected chi connectivity index (χ2v) is 7.05. The molecule has 16 heavy (non-hydrogen) atoms. The van der Waals surface area contributed by atoms with Crippen LogP contribution in [0.3, 0.4) is 0 Å². The van der Waals surface area contributed by atoms with Crippen LogP contribution in [0.5, 0.6) is 0 Å². The molecule has 0 unspecified atom stereocenters. The van der Waals surface area contributed by atoms with Gasteiger partial charge in [0.25, 0.3) is 0 Å². The summed E-state index contributed by atoms with van der Waals surface area (Å²) >= 11 is 3.77. The average molecular weight is 257 g/mol. The maximum absolute atomic E-state index is 10.3. The Bertz CT molecular complexity index is 332. The predicted octanol–water partition coefficient (Wildman–Crippen LogP) is 2.40. The number of thioether (sulfide) groups is 1. The second kappa shape index (κ2) is 5.54. The summed E-state index contributed by atoms with van der Waals surface area (Å²) in [5.74, 6) is 2.19. The first-order chi connectivity index (χ1) is 7.68. The first-order valence-electron chi connectivity index (χ1n) is 5.74. The van der Waals surface area contributed by atoms with Crippen molar-refractivity contribution in [2.75, 3.05) is 18.1 Å². The van der Waals surface area contributed by atoms with Gasteiger partial charge in [0.05, 0.1) is 5.60 Å². The zero-order chi connectivity index (χ0) is 11.4. The zero-order valence-electron chi connectivity index (χ0n) is 9.66. The molecule has 1 fully saturated rings. The van der Waals surface area contributed by atoms with Gasteiger partial charge >= 0.3 is 0 Å². The van der Waals surface area contributed by atoms with Gasteiger partial charge in [-0.3, -0.25) is 0 Å². The van der Waals surface area contributed by atoms with E-state index in [1.165, 1.54) is 9.75 Å². The molecule has 2 heterocycles. The first kappa shape index (κ1) is 12.4. The summed E-state index contributed by atoms with van der Waals surface area (Å²) < 4.78 is 0. The van der Waals surface area contributed by atoms with E-state index in [1.54, 1.807) is 0 Å². The van der Waals surface area contributed by atoms with Crippen molar-refractivity contribution in [3.05, 3.63) is 21.9 Å². The summed E-state index contributed by atoms with van der Waals surface area (Å²) in [7, 11) is 0. The van der Waals surface area contributed by atoms with Crippen molar-refractivity contribution in [3.63, 3.8) is 0 Å². The van der Waals surface area contributed by atoms with Gasteiger partial charge in [-0.25, -0.2) is 0 Å². The van der Waals surface area contributed by atoms with Crippen LogP contribution < -0.4 is 5.32 Å². The van der Waals surface area contributed by atoms with Gasteiger partial charge in [-0.2, -0.15) is 11.8 Å². The number of hydrogen-bond acceptors (Lipinski definition) is 4. The van der Waals surface area contributed by atoms with Crippen LogP contribution in [0.2, 0.25) is 0 Å². The lowest BCUT2D eigenvalue weighted by molar-refractivity contribution is 0.0321. The smallest absolute Gasteiger partial charge is 0.0787 e. The van der Waals surface area contributed by atoms with Crippen LogP contribution in [0.1, 0.15) is 22.6 Å². The molecule has 2 rings (SSSR count). The molecule has 0 aliphatic carbocycles. The minimum absolute atomic E-state index is 0.461. The van der Waals surface area contributed by atoms with Gasteiger partial charge in [-0.05, 0) is 43.4 Å². The van der Waals surface area contributed by atoms with Crippen molar-refractivity contribution in [2.45, 2.75) is 31.9 Å². The van der Waals surface area contributed by atoms with E-state index >= 15 is 0 Å². The third-order valence-electron chi connectivity index (χ3n) is 2.97. The molecule has 4 heteroatoms. The monoisotopic (exact) mass is 257 g/mol. The normalized spacial score (nSPS) is 19.9. The molecule has 2 N–H and O–H groups in total. The highest BCUT2D eigenvalue weighted by atomic mass is 32.2. The van der Waals surface area contributed by atoms with Crippen molar-refractivity contribution < 1.29 is 5.11 Å². The van der Waals surface area contributed by atoms with Crippen LogP contribution >= 0.6 is 23.1 Å². The Balaban J connectivity index is 1.74. The van der Waals surface area contributed by atoms with E-state index < -0.39 is 5.60 Å². The fourth-order valence-corrected chi connectivity index (χ4v) is 4.04. The van der Waals surface area contributed by atoms with Gasteiger partial charge < -0.3 is 10.4 Å². The minimum Gasteiger partial charge on any atom is -0.389 e. The minimum atomic E-state index is -0.461. The molecule has 1 aliphatic rings. The van der Waals surface area contributed by atoms with Crippen molar-refractivity contribution >= 4 is 23.1 Å². The molecule has 0 bridgehead atoms. The van der Waals surface area contributed by atoms with Gasteiger partial charge in [0.2, 0.25) is 0 Å². The molecule has 0 amide bonds. The van der Waals surface area contributed by atoms with Gasteiger partial charge in [-0.1, -0.05) is 0 Å². The molecule has 1 aromatic heterocycles. The third-order valence-corrected chi connectivity index (χ3v) is 4.96.